The third-order valence-electron chi connectivity index (χ3n) is 4.34. The molecular weight excluding hydrogens is 330 g/mol. The first-order chi connectivity index (χ1) is 11.6. The Morgan fingerprint density at radius 1 is 1.46 bits per heavy atom. The standard InChI is InChI=1S/C17H20ClN3O3/c1-2-7-19-16(22)20-10-14-15(11-20)24-17(23)21(14)8-6-12-4-3-5-13(18)9-12/h2-5,9,14-15H,1,6-8,10-11H2,(H,19,22)/t14-,15+/m1/s1. The Morgan fingerprint density at radius 2 is 2.29 bits per heavy atom. The molecule has 0 aromatic heterocycles. The molecule has 6 nitrogen and oxygen atoms in total. The second-order valence-corrected chi connectivity index (χ2v) is 6.38. The van der Waals surface area contributed by atoms with Gasteiger partial charge in [-0.25, -0.2) is 9.59 Å². The van der Waals surface area contributed by atoms with Crippen molar-refractivity contribution in [3.63, 3.8) is 0 Å². The average Bonchev–Trinajstić information content (AvgIpc) is 3.08. The van der Waals surface area contributed by atoms with Crippen LogP contribution >= 0.6 is 11.6 Å². The van der Waals surface area contributed by atoms with Crippen LogP contribution in [0, 0.1) is 0 Å². The highest BCUT2D eigenvalue weighted by Gasteiger charge is 2.48. The van der Waals surface area contributed by atoms with Crippen molar-refractivity contribution in [1.82, 2.24) is 15.1 Å². The summed E-state index contributed by atoms with van der Waals surface area (Å²) in [6, 6.07) is 7.34. The zero-order valence-corrected chi connectivity index (χ0v) is 14.0. The first-order valence-electron chi connectivity index (χ1n) is 7.94. The van der Waals surface area contributed by atoms with Crippen molar-refractivity contribution in [2.45, 2.75) is 18.6 Å². The van der Waals surface area contributed by atoms with Crippen LogP contribution in [-0.2, 0) is 11.2 Å². The summed E-state index contributed by atoms with van der Waals surface area (Å²) in [6.45, 7) is 5.45. The molecule has 2 aliphatic rings. The zero-order chi connectivity index (χ0) is 17.1. The van der Waals surface area contributed by atoms with E-state index < -0.39 is 0 Å². The van der Waals surface area contributed by atoms with Gasteiger partial charge < -0.3 is 15.0 Å². The van der Waals surface area contributed by atoms with Gasteiger partial charge in [-0.15, -0.1) is 6.58 Å². The van der Waals surface area contributed by atoms with Crippen molar-refractivity contribution in [3.05, 3.63) is 47.5 Å². The van der Waals surface area contributed by atoms with Crippen LogP contribution < -0.4 is 5.32 Å². The minimum Gasteiger partial charge on any atom is -0.442 e. The van der Waals surface area contributed by atoms with E-state index in [4.69, 9.17) is 16.3 Å². The number of rotatable bonds is 5. The van der Waals surface area contributed by atoms with E-state index in [0.717, 1.165) is 5.56 Å². The van der Waals surface area contributed by atoms with E-state index in [0.29, 0.717) is 37.6 Å². The number of nitrogens with one attached hydrogen (secondary N) is 1. The van der Waals surface area contributed by atoms with Gasteiger partial charge >= 0.3 is 12.1 Å². The van der Waals surface area contributed by atoms with Crippen LogP contribution in [0.3, 0.4) is 0 Å². The summed E-state index contributed by atoms with van der Waals surface area (Å²) in [5, 5.41) is 3.43. The van der Waals surface area contributed by atoms with E-state index in [1.165, 1.54) is 0 Å². The molecule has 2 saturated heterocycles. The number of likely N-dealkylation sites (tertiary alicyclic amines) is 1. The number of fused-ring (bicyclic) bond motifs is 1. The fourth-order valence-corrected chi connectivity index (χ4v) is 3.35. The van der Waals surface area contributed by atoms with Crippen molar-refractivity contribution in [1.29, 1.82) is 0 Å². The highest BCUT2D eigenvalue weighted by molar-refractivity contribution is 6.30. The van der Waals surface area contributed by atoms with E-state index in [1.807, 2.05) is 24.3 Å². The lowest BCUT2D eigenvalue weighted by Gasteiger charge is -2.22. The van der Waals surface area contributed by atoms with Gasteiger partial charge in [-0.1, -0.05) is 29.8 Å². The van der Waals surface area contributed by atoms with Gasteiger partial charge in [-0.05, 0) is 24.1 Å². The quantitative estimate of drug-likeness (QED) is 0.830. The zero-order valence-electron chi connectivity index (χ0n) is 13.3. The molecule has 0 aliphatic carbocycles. The highest BCUT2D eigenvalue weighted by atomic mass is 35.5. The van der Waals surface area contributed by atoms with Crippen LogP contribution in [0.1, 0.15) is 5.56 Å². The van der Waals surface area contributed by atoms with Crippen LogP contribution in [0.5, 0.6) is 0 Å². The third kappa shape index (κ3) is 3.48. The minimum absolute atomic E-state index is 0.0915. The van der Waals surface area contributed by atoms with Crippen LogP contribution in [0.25, 0.3) is 0 Å². The SMILES string of the molecule is C=CCNC(=O)N1C[C@@H]2OC(=O)N(CCc3cccc(Cl)c3)[C@@H]2C1. The smallest absolute Gasteiger partial charge is 0.410 e. The summed E-state index contributed by atoms with van der Waals surface area (Å²) in [5.74, 6) is 0. The van der Waals surface area contributed by atoms with Crippen LogP contribution in [0.4, 0.5) is 9.59 Å². The van der Waals surface area contributed by atoms with Gasteiger partial charge in [0.2, 0.25) is 0 Å². The number of urea groups is 1. The largest absolute Gasteiger partial charge is 0.442 e. The molecule has 2 aliphatic heterocycles. The number of hydrogen-bond acceptors (Lipinski definition) is 3. The number of amides is 3. The Morgan fingerprint density at radius 3 is 3.04 bits per heavy atom. The first kappa shape index (κ1) is 16.6. The van der Waals surface area contributed by atoms with Gasteiger partial charge in [0.15, 0.2) is 0 Å². The number of halogens is 1. The van der Waals surface area contributed by atoms with E-state index >= 15 is 0 Å². The summed E-state index contributed by atoms with van der Waals surface area (Å²) in [4.78, 5) is 27.5. The number of benzene rings is 1. The van der Waals surface area contributed by atoms with E-state index in [-0.39, 0.29) is 24.3 Å². The number of hydrogen-bond donors (Lipinski definition) is 1. The Bertz CT molecular complexity index is 652. The van der Waals surface area contributed by atoms with Crippen molar-refractivity contribution in [2.75, 3.05) is 26.2 Å². The van der Waals surface area contributed by atoms with Gasteiger partial charge in [0.25, 0.3) is 0 Å². The van der Waals surface area contributed by atoms with E-state index in [1.54, 1.807) is 15.9 Å². The molecule has 1 N–H and O–H groups in total. The maximum Gasteiger partial charge on any atom is 0.410 e. The predicted octanol–water partition coefficient (Wildman–Crippen LogP) is 2.28. The van der Waals surface area contributed by atoms with Crippen LogP contribution in [-0.4, -0.2) is 60.2 Å². The molecule has 0 saturated carbocycles. The summed E-state index contributed by atoms with van der Waals surface area (Å²) in [5.41, 5.74) is 1.07. The molecule has 0 spiro atoms. The van der Waals surface area contributed by atoms with Crippen molar-refractivity contribution in [3.8, 4) is 0 Å². The second-order valence-electron chi connectivity index (χ2n) is 5.94. The summed E-state index contributed by atoms with van der Waals surface area (Å²) in [6.07, 6.45) is 1.76. The molecule has 0 bridgehead atoms. The molecule has 1 aromatic carbocycles. The molecule has 0 radical (unpaired) electrons. The first-order valence-corrected chi connectivity index (χ1v) is 8.31. The van der Waals surface area contributed by atoms with Gasteiger partial charge in [0.05, 0.1) is 12.6 Å². The number of carbonyl (C=O) groups is 2. The lowest BCUT2D eigenvalue weighted by molar-refractivity contribution is 0.123. The van der Waals surface area contributed by atoms with Gasteiger partial charge in [0, 0.05) is 24.7 Å². The summed E-state index contributed by atoms with van der Waals surface area (Å²) < 4.78 is 5.41. The second kappa shape index (κ2) is 7.13. The molecule has 128 valence electrons. The van der Waals surface area contributed by atoms with Crippen molar-refractivity contribution in [2.24, 2.45) is 0 Å². The third-order valence-corrected chi connectivity index (χ3v) is 4.57. The topological polar surface area (TPSA) is 61.9 Å². The number of ether oxygens (including phenoxy) is 1. The molecule has 2 heterocycles. The molecular formula is C17H20ClN3O3. The maximum absolute atomic E-state index is 12.1. The predicted molar refractivity (Wildman–Crippen MR) is 91.1 cm³/mol. The molecule has 7 heteroatoms. The molecule has 2 atom stereocenters. The fraction of sp³-hybridized carbons (Fsp3) is 0.412. The van der Waals surface area contributed by atoms with E-state index in [2.05, 4.69) is 11.9 Å². The minimum atomic E-state index is -0.307. The Balaban J connectivity index is 1.59. The van der Waals surface area contributed by atoms with Gasteiger partial charge in [0.1, 0.15) is 6.10 Å². The van der Waals surface area contributed by atoms with Crippen molar-refractivity contribution < 1.29 is 14.3 Å². The fourth-order valence-electron chi connectivity index (χ4n) is 3.14. The number of carbonyl (C=O) groups excluding carboxylic acids is 2. The monoisotopic (exact) mass is 349 g/mol. The van der Waals surface area contributed by atoms with Crippen LogP contribution in [0.15, 0.2) is 36.9 Å². The molecule has 3 amide bonds. The van der Waals surface area contributed by atoms with Crippen LogP contribution in [0.2, 0.25) is 5.02 Å². The maximum atomic E-state index is 12.1. The molecule has 3 rings (SSSR count). The lowest BCUT2D eigenvalue weighted by Crippen LogP contribution is -2.43. The normalized spacial score (nSPS) is 22.3. The lowest BCUT2D eigenvalue weighted by atomic mass is 10.1. The highest BCUT2D eigenvalue weighted by Crippen LogP contribution is 2.27. The number of nitrogens with zero attached hydrogens (tertiary/aromatic N) is 2. The average molecular weight is 350 g/mol. The molecule has 2 fully saturated rings. The Kier molecular flexibility index (Phi) is 4.94. The molecule has 24 heavy (non-hydrogen) atoms. The molecule has 0 unspecified atom stereocenters. The van der Waals surface area contributed by atoms with Gasteiger partial charge in [-0.3, -0.25) is 4.90 Å². The van der Waals surface area contributed by atoms with Crippen molar-refractivity contribution >= 4 is 23.7 Å². The molecule has 1 aromatic rings. The summed E-state index contributed by atoms with van der Waals surface area (Å²) >= 11 is 5.99. The Hall–Kier alpha value is -2.21. The van der Waals surface area contributed by atoms with Gasteiger partial charge in [-0.2, -0.15) is 0 Å². The Labute approximate surface area is 146 Å². The van der Waals surface area contributed by atoms with E-state index in [9.17, 15) is 9.59 Å². The summed E-state index contributed by atoms with van der Waals surface area (Å²) in [7, 11) is 0.